The lowest BCUT2D eigenvalue weighted by atomic mass is 9.94. The van der Waals surface area contributed by atoms with Crippen molar-refractivity contribution in [3.05, 3.63) is 29.6 Å². The molecule has 0 spiro atoms. The largest absolute Gasteiger partial charge is 0.489 e. The number of carbonyl (C=O) groups is 1. The van der Waals surface area contributed by atoms with Crippen LogP contribution < -0.4 is 4.74 Å². The molecule has 0 aromatic heterocycles. The summed E-state index contributed by atoms with van der Waals surface area (Å²) < 4.78 is 24.8. The van der Waals surface area contributed by atoms with Crippen molar-refractivity contribution in [3.63, 3.8) is 0 Å². The topological polar surface area (TPSA) is 35.5 Å². The molecular weight excluding hydrogens is 247 g/mol. The van der Waals surface area contributed by atoms with Gasteiger partial charge in [0.25, 0.3) is 0 Å². The smallest absolute Gasteiger partial charge is 0.166 e. The van der Waals surface area contributed by atoms with Crippen LogP contribution in [0.4, 0.5) is 4.39 Å². The summed E-state index contributed by atoms with van der Waals surface area (Å²) in [5, 5.41) is 0. The van der Waals surface area contributed by atoms with Gasteiger partial charge in [0.05, 0.1) is 11.7 Å². The summed E-state index contributed by atoms with van der Waals surface area (Å²) in [6, 6.07) is 4.49. The number of benzene rings is 1. The molecule has 2 atom stereocenters. The first-order valence-corrected chi connectivity index (χ1v) is 6.60. The Kier molecular flexibility index (Phi) is 4.53. The van der Waals surface area contributed by atoms with Crippen LogP contribution in [0.3, 0.4) is 0 Å². The molecule has 1 aromatic rings. The zero-order chi connectivity index (χ0) is 13.8. The maximum atomic E-state index is 13.7. The summed E-state index contributed by atoms with van der Waals surface area (Å²) in [5.74, 6) is -0.495. The van der Waals surface area contributed by atoms with Crippen LogP contribution in [0.25, 0.3) is 0 Å². The van der Waals surface area contributed by atoms with Gasteiger partial charge in [-0.2, -0.15) is 0 Å². The van der Waals surface area contributed by atoms with E-state index in [9.17, 15) is 9.18 Å². The normalized spacial score (nSPS) is 23.1. The second-order valence-corrected chi connectivity index (χ2v) is 4.93. The van der Waals surface area contributed by atoms with Gasteiger partial charge in [0.1, 0.15) is 17.7 Å². The van der Waals surface area contributed by atoms with E-state index in [-0.39, 0.29) is 23.6 Å². The van der Waals surface area contributed by atoms with E-state index in [2.05, 4.69) is 0 Å². The third kappa shape index (κ3) is 3.32. The quantitative estimate of drug-likeness (QED) is 0.784. The molecule has 0 amide bonds. The lowest BCUT2D eigenvalue weighted by Crippen LogP contribution is -2.30. The number of rotatable bonds is 4. The second-order valence-electron chi connectivity index (χ2n) is 4.93. The van der Waals surface area contributed by atoms with Crippen molar-refractivity contribution < 1.29 is 18.7 Å². The van der Waals surface area contributed by atoms with Crippen molar-refractivity contribution in [1.29, 1.82) is 0 Å². The fourth-order valence-electron chi connectivity index (χ4n) is 2.55. The Labute approximate surface area is 112 Å². The van der Waals surface area contributed by atoms with E-state index in [1.54, 1.807) is 19.2 Å². The number of Topliss-reactive ketones (excluding diaryl/α,β-unsaturated/α-hetero) is 1. The van der Waals surface area contributed by atoms with Crippen LogP contribution in [0, 0.1) is 5.82 Å². The van der Waals surface area contributed by atoms with E-state index in [0.29, 0.717) is 5.75 Å². The molecule has 1 aromatic carbocycles. The molecule has 0 bridgehead atoms. The Morgan fingerprint density at radius 1 is 1.32 bits per heavy atom. The Hall–Kier alpha value is -1.42. The highest BCUT2D eigenvalue weighted by molar-refractivity contribution is 5.97. The first-order valence-electron chi connectivity index (χ1n) is 6.60. The van der Waals surface area contributed by atoms with Crippen LogP contribution in [0.5, 0.6) is 5.75 Å². The van der Waals surface area contributed by atoms with Gasteiger partial charge in [-0.25, -0.2) is 4.39 Å². The average Bonchev–Trinajstić information content (AvgIpc) is 2.38. The van der Waals surface area contributed by atoms with Gasteiger partial charge in [0, 0.05) is 13.5 Å². The molecule has 4 heteroatoms. The fourth-order valence-corrected chi connectivity index (χ4v) is 2.55. The van der Waals surface area contributed by atoms with Gasteiger partial charge in [-0.15, -0.1) is 0 Å². The third-order valence-electron chi connectivity index (χ3n) is 3.53. The summed E-state index contributed by atoms with van der Waals surface area (Å²) in [6.07, 6.45) is 3.91. The molecule has 19 heavy (non-hydrogen) atoms. The van der Waals surface area contributed by atoms with Crippen LogP contribution in [-0.4, -0.2) is 25.1 Å². The minimum atomic E-state index is -0.524. The van der Waals surface area contributed by atoms with Crippen LogP contribution in [-0.2, 0) is 4.74 Å². The van der Waals surface area contributed by atoms with Gasteiger partial charge in [-0.1, -0.05) is 6.07 Å². The Bertz CT molecular complexity index is 459. The van der Waals surface area contributed by atoms with E-state index in [4.69, 9.17) is 9.47 Å². The number of methoxy groups -OCH3 is 1. The lowest BCUT2D eigenvalue weighted by Gasteiger charge is -2.29. The predicted molar refractivity (Wildman–Crippen MR) is 70.1 cm³/mol. The molecule has 3 nitrogen and oxygen atoms in total. The molecule has 1 aliphatic carbocycles. The number of halogens is 1. The molecule has 2 unspecified atom stereocenters. The number of carbonyl (C=O) groups excluding carboxylic acids is 1. The monoisotopic (exact) mass is 266 g/mol. The Morgan fingerprint density at radius 3 is 2.74 bits per heavy atom. The average molecular weight is 266 g/mol. The molecule has 0 radical (unpaired) electrons. The zero-order valence-electron chi connectivity index (χ0n) is 11.3. The molecule has 104 valence electrons. The van der Waals surface area contributed by atoms with Crippen molar-refractivity contribution in [2.24, 2.45) is 0 Å². The number of hydrogen-bond donors (Lipinski definition) is 0. The Balaban J connectivity index is 2.14. The summed E-state index contributed by atoms with van der Waals surface area (Å²) in [6.45, 7) is 1.35. The van der Waals surface area contributed by atoms with E-state index < -0.39 is 5.82 Å². The Morgan fingerprint density at radius 2 is 2.05 bits per heavy atom. The first-order chi connectivity index (χ1) is 9.11. The fraction of sp³-hybridized carbons (Fsp3) is 0.533. The van der Waals surface area contributed by atoms with Crippen LogP contribution in [0.2, 0.25) is 0 Å². The van der Waals surface area contributed by atoms with Gasteiger partial charge in [-0.3, -0.25) is 4.79 Å². The van der Waals surface area contributed by atoms with E-state index in [1.807, 2.05) is 0 Å². The molecule has 0 N–H and O–H groups in total. The predicted octanol–water partition coefficient (Wildman–Crippen LogP) is 3.36. The second kappa shape index (κ2) is 6.15. The maximum Gasteiger partial charge on any atom is 0.166 e. The highest BCUT2D eigenvalue weighted by Crippen LogP contribution is 2.28. The van der Waals surface area contributed by atoms with Crippen molar-refractivity contribution in [1.82, 2.24) is 0 Å². The van der Waals surface area contributed by atoms with Crippen molar-refractivity contribution in [2.75, 3.05) is 7.11 Å². The van der Waals surface area contributed by atoms with Gasteiger partial charge >= 0.3 is 0 Å². The van der Waals surface area contributed by atoms with Gasteiger partial charge in [-0.05, 0) is 38.3 Å². The zero-order valence-corrected chi connectivity index (χ0v) is 11.3. The van der Waals surface area contributed by atoms with Crippen LogP contribution in [0.1, 0.15) is 43.0 Å². The summed E-state index contributed by atoms with van der Waals surface area (Å²) in [7, 11) is 1.69. The standard InChI is InChI=1S/C15H19FO3/c1-10(17)15-13(16)7-4-8-14(15)19-12-6-3-5-11(9-12)18-2/h4,7-8,11-12H,3,5-6,9H2,1-2H3. The van der Waals surface area contributed by atoms with Crippen LogP contribution in [0.15, 0.2) is 18.2 Å². The number of ether oxygens (including phenoxy) is 2. The molecule has 0 saturated heterocycles. The van der Waals surface area contributed by atoms with E-state index in [0.717, 1.165) is 25.7 Å². The molecule has 2 rings (SSSR count). The van der Waals surface area contributed by atoms with Crippen molar-refractivity contribution in [2.45, 2.75) is 44.8 Å². The van der Waals surface area contributed by atoms with Crippen molar-refractivity contribution in [3.8, 4) is 5.75 Å². The summed E-state index contributed by atoms with van der Waals surface area (Å²) >= 11 is 0. The number of hydrogen-bond acceptors (Lipinski definition) is 3. The number of ketones is 1. The molecular formula is C15H19FO3. The highest BCUT2D eigenvalue weighted by Gasteiger charge is 2.25. The molecule has 1 fully saturated rings. The minimum absolute atomic E-state index is 0.0152. The molecule has 1 saturated carbocycles. The van der Waals surface area contributed by atoms with E-state index >= 15 is 0 Å². The summed E-state index contributed by atoms with van der Waals surface area (Å²) in [5.41, 5.74) is 0.0436. The highest BCUT2D eigenvalue weighted by atomic mass is 19.1. The summed E-state index contributed by atoms with van der Waals surface area (Å²) in [4.78, 5) is 11.5. The van der Waals surface area contributed by atoms with Crippen molar-refractivity contribution >= 4 is 5.78 Å². The van der Waals surface area contributed by atoms with Gasteiger partial charge in [0.2, 0.25) is 0 Å². The SMILES string of the molecule is COC1CCCC(Oc2cccc(F)c2C(C)=O)C1. The maximum absolute atomic E-state index is 13.7. The molecule has 0 aliphatic heterocycles. The molecule has 1 aliphatic rings. The minimum Gasteiger partial charge on any atom is -0.489 e. The lowest BCUT2D eigenvalue weighted by molar-refractivity contribution is 0.0206. The first kappa shape index (κ1) is 14.0. The van der Waals surface area contributed by atoms with E-state index in [1.165, 1.54) is 13.0 Å². The third-order valence-corrected chi connectivity index (χ3v) is 3.53. The van der Waals surface area contributed by atoms with Crippen LogP contribution >= 0.6 is 0 Å². The molecule has 0 heterocycles. The van der Waals surface area contributed by atoms with Gasteiger partial charge < -0.3 is 9.47 Å². The van der Waals surface area contributed by atoms with Gasteiger partial charge in [0.15, 0.2) is 5.78 Å².